The molecule has 0 spiro atoms. The van der Waals surface area contributed by atoms with E-state index < -0.39 is 0 Å². The van der Waals surface area contributed by atoms with Crippen LogP contribution in [0.5, 0.6) is 0 Å². The van der Waals surface area contributed by atoms with E-state index in [0.29, 0.717) is 0 Å². The van der Waals surface area contributed by atoms with Gasteiger partial charge in [0.05, 0.1) is 13.2 Å². The number of hydrogen-bond acceptors (Lipinski definition) is 4. The molecule has 0 aliphatic heterocycles. The Bertz CT molecular complexity index is 14.4. The molecule has 0 unspecified atom stereocenters. The highest BCUT2D eigenvalue weighted by atomic mass is 16.5. The van der Waals surface area contributed by atoms with E-state index in [-0.39, 0.29) is 13.2 Å². The maximum atomic E-state index is 7.62. The lowest BCUT2D eigenvalue weighted by atomic mass is 10.8. The van der Waals surface area contributed by atoms with Crippen molar-refractivity contribution in [3.63, 3.8) is 0 Å². The zero-order chi connectivity index (χ0) is 6.12. The van der Waals surface area contributed by atoms with Crippen molar-refractivity contribution in [2.75, 3.05) is 13.2 Å². The smallest absolute Gasteiger partial charge is 0.286 e. The largest absolute Gasteiger partial charge is 0.394 e. The molecule has 44 valence electrons. The third-order valence-electron chi connectivity index (χ3n) is 0.1000. The van der Waals surface area contributed by atoms with Gasteiger partial charge in [0.1, 0.15) is 0 Å². The normalized spacial score (nSPS) is 6.86. The van der Waals surface area contributed by atoms with Crippen LogP contribution >= 0.6 is 0 Å². The van der Waals surface area contributed by atoms with Crippen LogP contribution in [0.1, 0.15) is 0 Å². The predicted octanol–water partition coefficient (Wildman–Crippen LogP) is -1.30. The summed E-state index contributed by atoms with van der Waals surface area (Å²) < 4.78 is 0. The molecule has 0 aliphatic rings. The highest BCUT2D eigenvalue weighted by Gasteiger charge is 1.58. The van der Waals surface area contributed by atoms with Crippen LogP contribution in [0.2, 0.25) is 0 Å². The Balaban J connectivity index is 0. The minimum absolute atomic E-state index is 0.125. The van der Waals surface area contributed by atoms with Gasteiger partial charge in [0.25, 0.3) is 6.79 Å². The first kappa shape index (κ1) is 9.96. The van der Waals surface area contributed by atoms with E-state index in [0.717, 1.165) is 6.79 Å². The highest BCUT2D eigenvalue weighted by Crippen LogP contribution is 1.39. The Labute approximate surface area is 41.7 Å². The van der Waals surface area contributed by atoms with E-state index in [1.165, 1.54) is 0 Å². The summed E-state index contributed by atoms with van der Waals surface area (Å²) in [5, 5.41) is 29.0. The molecule has 4 heteroatoms. The molecule has 0 aromatic carbocycles. The first-order chi connectivity index (χ1) is 3.33. The third-order valence-corrected chi connectivity index (χ3v) is 0.1000. The fraction of sp³-hybridized carbons (Fsp3) is 0.667. The molecular weight excluding hydrogens is 100 g/mol. The fourth-order valence-corrected chi connectivity index (χ4v) is 0. The van der Waals surface area contributed by atoms with Crippen LogP contribution in [0.3, 0.4) is 0 Å². The van der Waals surface area contributed by atoms with Crippen LogP contribution in [-0.4, -0.2) is 33.6 Å². The van der Waals surface area contributed by atoms with E-state index in [1.54, 1.807) is 0 Å². The molecule has 7 heavy (non-hydrogen) atoms. The molecule has 0 aliphatic carbocycles. The van der Waals surface area contributed by atoms with Crippen molar-refractivity contribution < 1.29 is 20.4 Å². The molecule has 0 aromatic heterocycles. The van der Waals surface area contributed by atoms with E-state index >= 15 is 0 Å². The molecule has 0 saturated heterocycles. The number of aliphatic hydroxyl groups is 4. The van der Waals surface area contributed by atoms with Gasteiger partial charge in [-0.05, 0) is 0 Å². The van der Waals surface area contributed by atoms with Gasteiger partial charge in [-0.15, -0.1) is 0 Å². The van der Waals surface area contributed by atoms with Crippen molar-refractivity contribution in [3.05, 3.63) is 6.79 Å². The average molecular weight is 108 g/mol. The molecule has 4 nitrogen and oxygen atoms in total. The lowest BCUT2D eigenvalue weighted by Crippen LogP contribution is -1.85. The Morgan fingerprint density at radius 2 is 1.14 bits per heavy atom. The van der Waals surface area contributed by atoms with Crippen molar-refractivity contribution >= 4 is 0 Å². The van der Waals surface area contributed by atoms with Gasteiger partial charge in [0, 0.05) is 0 Å². The molecule has 0 fully saturated rings. The molecule has 0 saturated carbocycles. The first-order valence-electron chi connectivity index (χ1n) is 1.58. The van der Waals surface area contributed by atoms with Crippen LogP contribution in [0.25, 0.3) is 0 Å². The van der Waals surface area contributed by atoms with Crippen molar-refractivity contribution in [1.82, 2.24) is 0 Å². The van der Waals surface area contributed by atoms with Crippen molar-refractivity contribution in [2.24, 2.45) is 0 Å². The van der Waals surface area contributed by atoms with E-state index in [2.05, 4.69) is 0 Å². The molecule has 0 atom stereocenters. The standard InChI is InChI=1S/C2H6O2.CH2O2/c3-1-2-4;2-1-3/h3-4H,1-2H2;2-3H. The second-order valence-corrected chi connectivity index (χ2v) is 0.547. The maximum Gasteiger partial charge on any atom is 0.286 e. The van der Waals surface area contributed by atoms with E-state index in [4.69, 9.17) is 20.4 Å². The number of hydrogen-bond donors (Lipinski definition) is 4. The van der Waals surface area contributed by atoms with E-state index in [1.807, 2.05) is 0 Å². The third kappa shape index (κ3) is 122. The maximum absolute atomic E-state index is 7.62. The summed E-state index contributed by atoms with van der Waals surface area (Å²) in [5.74, 6) is 0. The summed E-state index contributed by atoms with van der Waals surface area (Å²) in [4.78, 5) is 0. The predicted molar refractivity (Wildman–Crippen MR) is 21.3 cm³/mol. The van der Waals surface area contributed by atoms with E-state index in [9.17, 15) is 0 Å². The minimum atomic E-state index is -0.125. The summed E-state index contributed by atoms with van der Waals surface area (Å²) in [6.07, 6.45) is 0. The number of rotatable bonds is 1. The summed E-state index contributed by atoms with van der Waals surface area (Å²) >= 11 is 0. The number of aliphatic hydroxyl groups excluding tert-OH is 3. The van der Waals surface area contributed by atoms with Crippen molar-refractivity contribution in [2.45, 2.75) is 0 Å². The zero-order valence-electron chi connectivity index (χ0n) is 3.70. The van der Waals surface area contributed by atoms with Crippen LogP contribution in [0, 0.1) is 6.79 Å². The topological polar surface area (TPSA) is 80.9 Å². The summed E-state index contributed by atoms with van der Waals surface area (Å²) in [7, 11) is 0. The molecular formula is C3H8O4. The molecule has 4 N–H and O–H groups in total. The zero-order valence-corrected chi connectivity index (χ0v) is 3.70. The molecule has 0 heterocycles. The van der Waals surface area contributed by atoms with Gasteiger partial charge < -0.3 is 20.4 Å². The first-order valence-corrected chi connectivity index (χ1v) is 1.58. The summed E-state index contributed by atoms with van der Waals surface area (Å²) in [6.45, 7) is 0.500. The lowest BCUT2D eigenvalue weighted by molar-refractivity contribution is 0.173. The van der Waals surface area contributed by atoms with Gasteiger partial charge in [-0.25, -0.2) is 0 Å². The molecule has 0 bridgehead atoms. The van der Waals surface area contributed by atoms with Gasteiger partial charge in [-0.2, -0.15) is 0 Å². The second-order valence-electron chi connectivity index (χ2n) is 0.547. The van der Waals surface area contributed by atoms with Gasteiger partial charge in [-0.1, -0.05) is 0 Å². The van der Waals surface area contributed by atoms with Crippen molar-refractivity contribution in [1.29, 1.82) is 0 Å². The van der Waals surface area contributed by atoms with Gasteiger partial charge >= 0.3 is 0 Å². The second kappa shape index (κ2) is 17.0. The fourth-order valence-electron chi connectivity index (χ4n) is 0. The Morgan fingerprint density at radius 1 is 1.00 bits per heavy atom. The van der Waals surface area contributed by atoms with Crippen LogP contribution in [-0.2, 0) is 0 Å². The van der Waals surface area contributed by atoms with Crippen LogP contribution < -0.4 is 0 Å². The molecule has 0 rings (SSSR count). The summed E-state index contributed by atoms with van der Waals surface area (Å²) in [5.41, 5.74) is 0. The van der Waals surface area contributed by atoms with Gasteiger partial charge in [0.15, 0.2) is 0 Å². The molecule has 0 aromatic rings. The Kier molecular flexibility index (Phi) is 24.1. The monoisotopic (exact) mass is 108 g/mol. The minimum Gasteiger partial charge on any atom is -0.394 e. The van der Waals surface area contributed by atoms with Gasteiger partial charge in [0.2, 0.25) is 0 Å². The molecule has 0 amide bonds. The lowest BCUT2D eigenvalue weighted by Gasteiger charge is -1.70. The average Bonchev–Trinajstić information content (AvgIpc) is 1.69. The van der Waals surface area contributed by atoms with Crippen molar-refractivity contribution in [3.8, 4) is 0 Å². The van der Waals surface area contributed by atoms with Crippen LogP contribution in [0.4, 0.5) is 0 Å². The van der Waals surface area contributed by atoms with Gasteiger partial charge in [-0.3, -0.25) is 0 Å². The molecule has 2 radical (unpaired) electrons. The summed E-state index contributed by atoms with van der Waals surface area (Å²) in [6, 6.07) is 0. The highest BCUT2D eigenvalue weighted by molar-refractivity contribution is 4.06. The van der Waals surface area contributed by atoms with Crippen LogP contribution in [0.15, 0.2) is 0 Å². The Hall–Kier alpha value is -0.160. The Morgan fingerprint density at radius 3 is 1.14 bits per heavy atom. The quantitative estimate of drug-likeness (QED) is 0.336. The SMILES string of the molecule is OCCO.O[C]O.